The molecule has 1 aromatic carbocycles. The highest BCUT2D eigenvalue weighted by Gasteiger charge is 2.25. The van der Waals surface area contributed by atoms with E-state index in [1.165, 1.54) is 0 Å². The van der Waals surface area contributed by atoms with Crippen molar-refractivity contribution in [3.05, 3.63) is 48.4 Å². The van der Waals surface area contributed by atoms with Gasteiger partial charge in [-0.1, -0.05) is 0 Å². The molecular formula is C19H25N3O3S. The predicted octanol–water partition coefficient (Wildman–Crippen LogP) is 3.59. The first-order valence-corrected chi connectivity index (χ1v) is 10.0. The summed E-state index contributed by atoms with van der Waals surface area (Å²) in [6.07, 6.45) is 1.68. The molecule has 2 aromatic rings. The van der Waals surface area contributed by atoms with E-state index in [0.717, 1.165) is 41.8 Å². The SMILES string of the molecule is CCOc1ccc(NC(=O)NC[C@@H](c2ccco2)N2CCSCC2)cc1. The summed E-state index contributed by atoms with van der Waals surface area (Å²) in [5, 5.41) is 5.82. The first-order chi connectivity index (χ1) is 12.8. The maximum Gasteiger partial charge on any atom is 0.319 e. The molecule has 0 radical (unpaired) electrons. The molecular weight excluding hydrogens is 350 g/mol. The molecule has 0 aliphatic carbocycles. The second kappa shape index (κ2) is 9.54. The smallest absolute Gasteiger partial charge is 0.319 e. The molecule has 26 heavy (non-hydrogen) atoms. The van der Waals surface area contributed by atoms with Gasteiger partial charge in [0.1, 0.15) is 11.5 Å². The molecule has 140 valence electrons. The molecule has 7 heteroatoms. The lowest BCUT2D eigenvalue weighted by Crippen LogP contribution is -2.42. The predicted molar refractivity (Wildman–Crippen MR) is 105 cm³/mol. The number of hydrogen-bond donors (Lipinski definition) is 2. The van der Waals surface area contributed by atoms with Gasteiger partial charge in [-0.15, -0.1) is 0 Å². The number of furan rings is 1. The molecule has 1 atom stereocenters. The number of rotatable bonds is 7. The monoisotopic (exact) mass is 375 g/mol. The molecule has 0 unspecified atom stereocenters. The molecule has 2 amide bonds. The number of anilines is 1. The lowest BCUT2D eigenvalue weighted by molar-refractivity contribution is 0.187. The van der Waals surface area contributed by atoms with E-state index in [1.54, 1.807) is 6.26 Å². The second-order valence-corrected chi connectivity index (χ2v) is 7.20. The van der Waals surface area contributed by atoms with E-state index in [9.17, 15) is 4.79 Å². The Morgan fingerprint density at radius 2 is 2.04 bits per heavy atom. The zero-order chi connectivity index (χ0) is 18.2. The Bertz CT molecular complexity index is 670. The van der Waals surface area contributed by atoms with Crippen LogP contribution in [-0.4, -0.2) is 48.7 Å². The van der Waals surface area contributed by atoms with Gasteiger partial charge in [-0.3, -0.25) is 4.90 Å². The van der Waals surface area contributed by atoms with E-state index in [1.807, 2.05) is 55.1 Å². The van der Waals surface area contributed by atoms with Crippen LogP contribution in [0.25, 0.3) is 0 Å². The van der Waals surface area contributed by atoms with Crippen LogP contribution in [0.15, 0.2) is 47.1 Å². The van der Waals surface area contributed by atoms with Gasteiger partial charge in [-0.2, -0.15) is 11.8 Å². The van der Waals surface area contributed by atoms with Crippen LogP contribution in [0.2, 0.25) is 0 Å². The summed E-state index contributed by atoms with van der Waals surface area (Å²) >= 11 is 1.96. The Balaban J connectivity index is 1.55. The van der Waals surface area contributed by atoms with Gasteiger partial charge >= 0.3 is 6.03 Å². The minimum absolute atomic E-state index is 0.0528. The van der Waals surface area contributed by atoms with Crippen LogP contribution in [0.5, 0.6) is 5.75 Å². The molecule has 0 spiro atoms. The Morgan fingerprint density at radius 1 is 1.27 bits per heavy atom. The highest BCUT2D eigenvalue weighted by Crippen LogP contribution is 2.24. The van der Waals surface area contributed by atoms with Gasteiger partial charge < -0.3 is 19.8 Å². The van der Waals surface area contributed by atoms with Crippen LogP contribution in [0.4, 0.5) is 10.5 Å². The highest BCUT2D eigenvalue weighted by molar-refractivity contribution is 7.99. The highest BCUT2D eigenvalue weighted by atomic mass is 32.2. The fraction of sp³-hybridized carbons (Fsp3) is 0.421. The molecule has 1 aromatic heterocycles. The lowest BCUT2D eigenvalue weighted by atomic mass is 10.2. The molecule has 6 nitrogen and oxygen atoms in total. The van der Waals surface area contributed by atoms with Crippen molar-refractivity contribution in [3.8, 4) is 5.75 Å². The first-order valence-electron chi connectivity index (χ1n) is 8.89. The normalized spacial score (nSPS) is 16.0. The lowest BCUT2D eigenvalue weighted by Gasteiger charge is -2.33. The topological polar surface area (TPSA) is 66.7 Å². The standard InChI is InChI=1S/C19H25N3O3S/c1-2-24-16-7-5-15(6-8-16)21-19(23)20-14-17(18-4-3-11-25-18)22-9-12-26-13-10-22/h3-8,11,17H,2,9-10,12-14H2,1H3,(H2,20,21,23)/t17-/m0/s1. The minimum Gasteiger partial charge on any atom is -0.494 e. The third-order valence-corrected chi connectivity index (χ3v) is 5.18. The summed E-state index contributed by atoms with van der Waals surface area (Å²) in [6, 6.07) is 11.0. The van der Waals surface area contributed by atoms with Crippen molar-refractivity contribution in [3.63, 3.8) is 0 Å². The van der Waals surface area contributed by atoms with Gasteiger partial charge in [0.05, 0.1) is 18.9 Å². The Kier molecular flexibility index (Phi) is 6.85. The maximum atomic E-state index is 12.3. The molecule has 2 N–H and O–H groups in total. The number of carbonyl (C=O) groups excluding carboxylic acids is 1. The number of urea groups is 1. The Morgan fingerprint density at radius 3 is 2.69 bits per heavy atom. The molecule has 2 heterocycles. The number of hydrogen-bond acceptors (Lipinski definition) is 5. The number of ether oxygens (including phenoxy) is 1. The third kappa shape index (κ3) is 5.19. The molecule has 3 rings (SSSR count). The van der Waals surface area contributed by atoms with Crippen molar-refractivity contribution >= 4 is 23.5 Å². The average molecular weight is 375 g/mol. The van der Waals surface area contributed by atoms with Crippen molar-refractivity contribution in [2.75, 3.05) is 43.1 Å². The molecule has 0 saturated carbocycles. The van der Waals surface area contributed by atoms with E-state index in [4.69, 9.17) is 9.15 Å². The second-order valence-electron chi connectivity index (χ2n) is 5.97. The first kappa shape index (κ1) is 18.7. The number of thioether (sulfide) groups is 1. The molecule has 0 bridgehead atoms. The summed E-state index contributed by atoms with van der Waals surface area (Å²) in [4.78, 5) is 14.6. The summed E-state index contributed by atoms with van der Waals surface area (Å²) in [6.45, 7) is 5.06. The van der Waals surface area contributed by atoms with Crippen molar-refractivity contribution in [1.82, 2.24) is 10.2 Å². The zero-order valence-corrected chi connectivity index (χ0v) is 15.8. The van der Waals surface area contributed by atoms with Crippen molar-refractivity contribution in [2.24, 2.45) is 0 Å². The fourth-order valence-electron chi connectivity index (χ4n) is 2.95. The minimum atomic E-state index is -0.225. The fourth-order valence-corrected chi connectivity index (χ4v) is 3.88. The van der Waals surface area contributed by atoms with Gasteiger partial charge in [0.2, 0.25) is 0 Å². The number of nitrogens with one attached hydrogen (secondary N) is 2. The number of nitrogens with zero attached hydrogens (tertiary/aromatic N) is 1. The van der Waals surface area contributed by atoms with Crippen LogP contribution in [0, 0.1) is 0 Å². The van der Waals surface area contributed by atoms with Crippen LogP contribution in [0.1, 0.15) is 18.7 Å². The zero-order valence-electron chi connectivity index (χ0n) is 14.9. The Hall–Kier alpha value is -2.12. The van der Waals surface area contributed by atoms with Crippen LogP contribution >= 0.6 is 11.8 Å². The van der Waals surface area contributed by atoms with Crippen LogP contribution in [0.3, 0.4) is 0 Å². The van der Waals surface area contributed by atoms with Crippen LogP contribution in [-0.2, 0) is 0 Å². The van der Waals surface area contributed by atoms with E-state index in [0.29, 0.717) is 13.2 Å². The van der Waals surface area contributed by atoms with Crippen molar-refractivity contribution in [1.29, 1.82) is 0 Å². The summed E-state index contributed by atoms with van der Waals surface area (Å²) in [5.41, 5.74) is 0.731. The molecule has 1 saturated heterocycles. The van der Waals surface area contributed by atoms with E-state index in [-0.39, 0.29) is 12.1 Å². The van der Waals surface area contributed by atoms with E-state index >= 15 is 0 Å². The molecule has 1 aliphatic heterocycles. The maximum absolute atomic E-state index is 12.3. The largest absolute Gasteiger partial charge is 0.494 e. The van der Waals surface area contributed by atoms with Crippen molar-refractivity contribution in [2.45, 2.75) is 13.0 Å². The summed E-state index contributed by atoms with van der Waals surface area (Å²) < 4.78 is 11.0. The quantitative estimate of drug-likeness (QED) is 0.774. The van der Waals surface area contributed by atoms with Gasteiger partial charge in [0.15, 0.2) is 0 Å². The third-order valence-electron chi connectivity index (χ3n) is 4.24. The molecule has 1 fully saturated rings. The number of amides is 2. The van der Waals surface area contributed by atoms with E-state index < -0.39 is 0 Å². The molecule has 1 aliphatic rings. The van der Waals surface area contributed by atoms with Crippen molar-refractivity contribution < 1.29 is 13.9 Å². The van der Waals surface area contributed by atoms with Gasteiger partial charge in [-0.05, 0) is 43.3 Å². The average Bonchev–Trinajstić information content (AvgIpc) is 3.19. The van der Waals surface area contributed by atoms with Gasteiger partial charge in [0, 0.05) is 36.8 Å². The number of benzene rings is 1. The Labute approximate surface area is 158 Å². The van der Waals surface area contributed by atoms with Gasteiger partial charge in [-0.25, -0.2) is 4.79 Å². The summed E-state index contributed by atoms with van der Waals surface area (Å²) in [7, 11) is 0. The summed E-state index contributed by atoms with van der Waals surface area (Å²) in [5.74, 6) is 3.89. The number of carbonyl (C=O) groups is 1. The van der Waals surface area contributed by atoms with Gasteiger partial charge in [0.25, 0.3) is 0 Å². The van der Waals surface area contributed by atoms with E-state index in [2.05, 4.69) is 15.5 Å². The van der Waals surface area contributed by atoms with Crippen LogP contribution < -0.4 is 15.4 Å².